The number of aryl methyl sites for hydroxylation is 1. The third-order valence-corrected chi connectivity index (χ3v) is 5.75. The first kappa shape index (κ1) is 20.8. The Bertz CT molecular complexity index is 1450. The number of halogens is 1. The topological polar surface area (TPSA) is 112 Å². The van der Waals surface area contributed by atoms with Crippen LogP contribution in [0.15, 0.2) is 70.5 Å². The summed E-state index contributed by atoms with van der Waals surface area (Å²) >= 11 is 1.40. The maximum Gasteiger partial charge on any atom is 0.291 e. The summed E-state index contributed by atoms with van der Waals surface area (Å²) in [5.74, 6) is 0.0394. The van der Waals surface area contributed by atoms with Crippen molar-refractivity contribution in [3.8, 4) is 5.69 Å². The molecule has 5 rings (SSSR count). The Hall–Kier alpha value is -4.12. The minimum absolute atomic E-state index is 0.122. The minimum atomic E-state index is -0.521. The van der Waals surface area contributed by atoms with Gasteiger partial charge in [-0.15, -0.1) is 5.10 Å². The second-order valence-electron chi connectivity index (χ2n) is 6.98. The summed E-state index contributed by atoms with van der Waals surface area (Å²) in [5.41, 5.74) is 1.81. The summed E-state index contributed by atoms with van der Waals surface area (Å²) in [6.07, 6.45) is 3.32. The fourth-order valence-electron chi connectivity index (χ4n) is 3.32. The largest absolute Gasteiger partial charge is 0.451 e. The van der Waals surface area contributed by atoms with Crippen LogP contribution in [-0.4, -0.2) is 36.1 Å². The van der Waals surface area contributed by atoms with E-state index in [2.05, 4.69) is 30.8 Å². The number of amides is 1. The van der Waals surface area contributed by atoms with Crippen LogP contribution in [0.4, 0.5) is 10.1 Å². The molecule has 0 unspecified atom stereocenters. The molecule has 3 aromatic heterocycles. The van der Waals surface area contributed by atoms with E-state index < -0.39 is 11.7 Å². The Kier molecular flexibility index (Phi) is 5.53. The van der Waals surface area contributed by atoms with Gasteiger partial charge < -0.3 is 9.73 Å². The number of furan rings is 1. The van der Waals surface area contributed by atoms with Crippen LogP contribution in [0.1, 0.15) is 21.9 Å². The molecular formula is C22H16FN7O2S. The van der Waals surface area contributed by atoms with Gasteiger partial charge in [0.25, 0.3) is 5.91 Å². The number of thioether (sulfide) groups is 1. The molecule has 3 heterocycles. The SMILES string of the molecule is Cc1nnnn1-c1cc(NC(=O)c2oc3ccccc3c2CSc2ncccn2)ccc1F. The number of benzene rings is 2. The molecule has 0 aliphatic heterocycles. The predicted octanol–water partition coefficient (Wildman–Crippen LogP) is 4.19. The smallest absolute Gasteiger partial charge is 0.291 e. The van der Waals surface area contributed by atoms with E-state index in [1.165, 1.54) is 34.6 Å². The zero-order valence-electron chi connectivity index (χ0n) is 17.3. The van der Waals surface area contributed by atoms with E-state index in [1.54, 1.807) is 31.5 Å². The number of para-hydroxylation sites is 1. The van der Waals surface area contributed by atoms with E-state index in [9.17, 15) is 9.18 Å². The molecule has 164 valence electrons. The third-order valence-electron chi connectivity index (χ3n) is 4.85. The van der Waals surface area contributed by atoms with Gasteiger partial charge in [-0.25, -0.2) is 14.4 Å². The predicted molar refractivity (Wildman–Crippen MR) is 120 cm³/mol. The number of tetrazole rings is 1. The van der Waals surface area contributed by atoms with E-state index in [4.69, 9.17) is 4.42 Å². The van der Waals surface area contributed by atoms with Crippen molar-refractivity contribution in [2.75, 3.05) is 5.32 Å². The molecule has 1 amide bonds. The average molecular weight is 461 g/mol. The summed E-state index contributed by atoms with van der Waals surface area (Å²) in [5, 5.41) is 15.3. The second kappa shape index (κ2) is 8.79. The average Bonchev–Trinajstić information content (AvgIpc) is 3.43. The van der Waals surface area contributed by atoms with Crippen molar-refractivity contribution < 1.29 is 13.6 Å². The number of nitrogens with zero attached hydrogens (tertiary/aromatic N) is 6. The Balaban J connectivity index is 1.46. The van der Waals surface area contributed by atoms with E-state index >= 15 is 0 Å². The number of aromatic nitrogens is 6. The minimum Gasteiger partial charge on any atom is -0.451 e. The van der Waals surface area contributed by atoms with Gasteiger partial charge in [0.1, 0.15) is 17.1 Å². The lowest BCUT2D eigenvalue weighted by Gasteiger charge is -2.09. The zero-order valence-corrected chi connectivity index (χ0v) is 18.1. The quantitative estimate of drug-likeness (QED) is 0.296. The van der Waals surface area contributed by atoms with Crippen LogP contribution in [0.5, 0.6) is 0 Å². The normalized spacial score (nSPS) is 11.1. The highest BCUT2D eigenvalue weighted by atomic mass is 32.2. The zero-order chi connectivity index (χ0) is 22.8. The molecule has 0 aliphatic carbocycles. The highest BCUT2D eigenvalue weighted by Gasteiger charge is 2.22. The monoisotopic (exact) mass is 461 g/mol. The third kappa shape index (κ3) is 4.17. The van der Waals surface area contributed by atoms with Crippen LogP contribution in [-0.2, 0) is 5.75 Å². The van der Waals surface area contributed by atoms with Crippen LogP contribution < -0.4 is 5.32 Å². The van der Waals surface area contributed by atoms with E-state index in [0.29, 0.717) is 28.0 Å². The van der Waals surface area contributed by atoms with Crippen molar-refractivity contribution in [2.45, 2.75) is 17.8 Å². The van der Waals surface area contributed by atoms with Crippen LogP contribution in [0.3, 0.4) is 0 Å². The molecule has 0 aliphatic rings. The van der Waals surface area contributed by atoms with Gasteiger partial charge in [0, 0.05) is 34.8 Å². The number of hydrogen-bond acceptors (Lipinski definition) is 8. The summed E-state index contributed by atoms with van der Waals surface area (Å²) < 4.78 is 21.5. The highest BCUT2D eigenvalue weighted by molar-refractivity contribution is 7.98. The van der Waals surface area contributed by atoms with Gasteiger partial charge in [0.05, 0.1) is 0 Å². The molecule has 9 nitrogen and oxygen atoms in total. The number of fused-ring (bicyclic) bond motifs is 1. The molecule has 0 saturated carbocycles. The van der Waals surface area contributed by atoms with Gasteiger partial charge in [0.2, 0.25) is 0 Å². The Labute approximate surface area is 191 Å². The molecule has 0 atom stereocenters. The molecule has 11 heteroatoms. The molecule has 2 aromatic carbocycles. The van der Waals surface area contributed by atoms with E-state index in [1.807, 2.05) is 18.2 Å². The van der Waals surface area contributed by atoms with Crippen molar-refractivity contribution in [2.24, 2.45) is 0 Å². The number of hydrogen-bond donors (Lipinski definition) is 1. The molecule has 0 radical (unpaired) electrons. The fraction of sp³-hybridized carbons (Fsp3) is 0.0909. The Morgan fingerprint density at radius 1 is 1.15 bits per heavy atom. The lowest BCUT2D eigenvalue weighted by atomic mass is 10.1. The Morgan fingerprint density at radius 3 is 2.76 bits per heavy atom. The first-order valence-electron chi connectivity index (χ1n) is 9.86. The number of carbonyl (C=O) groups excluding carboxylic acids is 1. The van der Waals surface area contributed by atoms with Gasteiger partial charge in [-0.3, -0.25) is 4.79 Å². The summed E-state index contributed by atoms with van der Waals surface area (Å²) in [7, 11) is 0. The maximum atomic E-state index is 14.4. The first-order chi connectivity index (χ1) is 16.1. The molecule has 0 saturated heterocycles. The number of carbonyl (C=O) groups is 1. The lowest BCUT2D eigenvalue weighted by Crippen LogP contribution is -2.13. The van der Waals surface area contributed by atoms with Crippen molar-refractivity contribution in [3.63, 3.8) is 0 Å². The van der Waals surface area contributed by atoms with Crippen LogP contribution in [0.2, 0.25) is 0 Å². The second-order valence-corrected chi connectivity index (χ2v) is 7.93. The molecule has 0 fully saturated rings. The Morgan fingerprint density at radius 2 is 1.97 bits per heavy atom. The van der Waals surface area contributed by atoms with Gasteiger partial charge in [-0.1, -0.05) is 30.0 Å². The fourth-order valence-corrected chi connectivity index (χ4v) is 4.15. The van der Waals surface area contributed by atoms with Crippen LogP contribution in [0, 0.1) is 12.7 Å². The van der Waals surface area contributed by atoms with Crippen molar-refractivity contribution in [1.29, 1.82) is 0 Å². The number of anilines is 1. The van der Waals surface area contributed by atoms with Gasteiger partial charge in [-0.05, 0) is 47.7 Å². The van der Waals surface area contributed by atoms with Crippen molar-refractivity contribution in [1.82, 2.24) is 30.2 Å². The molecule has 0 spiro atoms. The van der Waals surface area contributed by atoms with Gasteiger partial charge in [-0.2, -0.15) is 4.68 Å². The summed E-state index contributed by atoms with van der Waals surface area (Å²) in [4.78, 5) is 21.6. The van der Waals surface area contributed by atoms with Crippen LogP contribution in [0.25, 0.3) is 16.7 Å². The number of rotatable bonds is 6. The maximum absolute atomic E-state index is 14.4. The molecule has 0 bridgehead atoms. The van der Waals surface area contributed by atoms with E-state index in [0.717, 1.165) is 10.9 Å². The van der Waals surface area contributed by atoms with Crippen LogP contribution >= 0.6 is 11.8 Å². The van der Waals surface area contributed by atoms with Gasteiger partial charge in [0.15, 0.2) is 16.7 Å². The summed E-state index contributed by atoms with van der Waals surface area (Å²) in [6.45, 7) is 1.65. The lowest BCUT2D eigenvalue weighted by molar-refractivity contribution is 0.0998. The first-order valence-corrected chi connectivity index (χ1v) is 10.8. The molecule has 5 aromatic rings. The highest BCUT2D eigenvalue weighted by Crippen LogP contribution is 2.31. The van der Waals surface area contributed by atoms with E-state index in [-0.39, 0.29) is 11.4 Å². The van der Waals surface area contributed by atoms with Crippen molar-refractivity contribution in [3.05, 3.63) is 83.9 Å². The van der Waals surface area contributed by atoms with Crippen molar-refractivity contribution >= 4 is 34.3 Å². The molecular weight excluding hydrogens is 445 g/mol. The summed E-state index contributed by atoms with van der Waals surface area (Å²) in [6, 6.07) is 13.3. The molecule has 33 heavy (non-hydrogen) atoms. The van der Waals surface area contributed by atoms with Gasteiger partial charge >= 0.3 is 0 Å². The molecule has 1 N–H and O–H groups in total. The standard InChI is InChI=1S/C22H16FN7O2S/c1-13-27-28-29-30(13)18-11-14(7-8-17(18)23)26-21(31)20-16(12-33-22-24-9-4-10-25-22)15-5-2-3-6-19(15)32-20/h2-11H,12H2,1H3,(H,26,31). The number of nitrogens with one attached hydrogen (secondary N) is 1.